The molecule has 0 saturated heterocycles. The summed E-state index contributed by atoms with van der Waals surface area (Å²) in [6.45, 7) is 1.31. The number of aromatic amines is 1. The topological polar surface area (TPSA) is 59.2 Å². The van der Waals surface area contributed by atoms with Gasteiger partial charge in [-0.1, -0.05) is 18.2 Å². The van der Waals surface area contributed by atoms with Gasteiger partial charge in [-0.15, -0.1) is 0 Å². The van der Waals surface area contributed by atoms with E-state index >= 15 is 0 Å². The fourth-order valence-corrected chi connectivity index (χ4v) is 2.18. The van der Waals surface area contributed by atoms with E-state index in [2.05, 4.69) is 4.98 Å². The molecule has 0 aliphatic carbocycles. The van der Waals surface area contributed by atoms with Crippen molar-refractivity contribution in [3.05, 3.63) is 52.7 Å². The minimum absolute atomic E-state index is 0. The van der Waals surface area contributed by atoms with E-state index in [1.165, 1.54) is 6.92 Å². The summed E-state index contributed by atoms with van der Waals surface area (Å²) >= 11 is 0. The predicted molar refractivity (Wildman–Crippen MR) is 74.5 cm³/mol. The smallest absolute Gasteiger partial charge is 1.00 e. The van der Waals surface area contributed by atoms with Gasteiger partial charge in [-0.25, -0.2) is 0 Å². The molecule has 3 aromatic rings. The van der Waals surface area contributed by atoms with Crippen LogP contribution < -0.4 is 39.7 Å². The number of carbonyl (C=O) groups excluding carboxylic acids is 1. The Labute approximate surface area is 138 Å². The summed E-state index contributed by atoms with van der Waals surface area (Å²) in [5, 5.41) is 0.978. The first-order valence-corrected chi connectivity index (χ1v) is 5.89. The number of carbonyl (C=O) groups is 1. The zero-order chi connectivity index (χ0) is 13.4. The SMILES string of the molecule is CC(=O)Oc1cccc2[nH]c3ccccc3c(=O)c12.[H-].[Na+]. The van der Waals surface area contributed by atoms with Crippen molar-refractivity contribution in [2.45, 2.75) is 6.92 Å². The van der Waals surface area contributed by atoms with Crippen molar-refractivity contribution < 1.29 is 40.5 Å². The normalized spacial score (nSPS) is 10.2. The number of ether oxygens (including phenoxy) is 1. The fraction of sp³-hybridized carbons (Fsp3) is 0.0667. The van der Waals surface area contributed by atoms with E-state index < -0.39 is 5.97 Å². The molecule has 20 heavy (non-hydrogen) atoms. The summed E-state index contributed by atoms with van der Waals surface area (Å²) in [6.07, 6.45) is 0. The van der Waals surface area contributed by atoms with Crippen LogP contribution in [0.3, 0.4) is 0 Å². The van der Waals surface area contributed by atoms with Crippen molar-refractivity contribution in [3.8, 4) is 5.75 Å². The van der Waals surface area contributed by atoms with E-state index in [-0.39, 0.29) is 42.2 Å². The Bertz CT molecular complexity index is 860. The van der Waals surface area contributed by atoms with Gasteiger partial charge in [0, 0.05) is 17.8 Å². The summed E-state index contributed by atoms with van der Waals surface area (Å²) in [7, 11) is 0. The summed E-state index contributed by atoms with van der Waals surface area (Å²) in [5.74, 6) is -0.155. The minimum atomic E-state index is -0.444. The van der Waals surface area contributed by atoms with Crippen LogP contribution in [0.15, 0.2) is 47.3 Å². The molecule has 0 spiro atoms. The van der Waals surface area contributed by atoms with E-state index in [4.69, 9.17) is 4.74 Å². The van der Waals surface area contributed by atoms with Crippen LogP contribution >= 0.6 is 0 Å². The Morgan fingerprint density at radius 2 is 1.80 bits per heavy atom. The van der Waals surface area contributed by atoms with Crippen LogP contribution in [-0.2, 0) is 4.79 Å². The van der Waals surface area contributed by atoms with Crippen molar-refractivity contribution in [2.24, 2.45) is 0 Å². The quantitative estimate of drug-likeness (QED) is 0.288. The summed E-state index contributed by atoms with van der Waals surface area (Å²) in [5.41, 5.74) is 1.28. The molecule has 0 unspecified atom stereocenters. The Morgan fingerprint density at radius 1 is 1.10 bits per heavy atom. The van der Waals surface area contributed by atoms with Crippen molar-refractivity contribution in [3.63, 3.8) is 0 Å². The Hall–Kier alpha value is -1.62. The van der Waals surface area contributed by atoms with Gasteiger partial charge in [-0.3, -0.25) is 9.59 Å². The summed E-state index contributed by atoms with van der Waals surface area (Å²) < 4.78 is 5.10. The number of aromatic nitrogens is 1. The number of pyridine rings is 1. The molecule has 0 atom stereocenters. The van der Waals surface area contributed by atoms with Gasteiger partial charge < -0.3 is 11.1 Å². The van der Waals surface area contributed by atoms with E-state index in [1.807, 2.05) is 12.1 Å². The molecule has 1 aromatic heterocycles. The first-order chi connectivity index (χ1) is 9.16. The van der Waals surface area contributed by atoms with Crippen LogP contribution in [0, 0.1) is 0 Å². The van der Waals surface area contributed by atoms with Crippen molar-refractivity contribution in [1.29, 1.82) is 0 Å². The summed E-state index contributed by atoms with van der Waals surface area (Å²) in [6, 6.07) is 12.4. The molecule has 1 heterocycles. The number of para-hydroxylation sites is 1. The minimum Gasteiger partial charge on any atom is -1.00 e. The van der Waals surface area contributed by atoms with Crippen LogP contribution in [0.25, 0.3) is 21.8 Å². The Balaban J connectivity index is 0.00000110. The van der Waals surface area contributed by atoms with Crippen molar-refractivity contribution in [2.75, 3.05) is 0 Å². The molecule has 4 nitrogen and oxygen atoms in total. The molecule has 2 aromatic carbocycles. The second kappa shape index (κ2) is 5.79. The second-order valence-corrected chi connectivity index (χ2v) is 4.27. The molecular weight excluding hydrogens is 265 g/mol. The number of hydrogen-bond acceptors (Lipinski definition) is 3. The average molecular weight is 277 g/mol. The number of H-pyrrole nitrogens is 1. The third kappa shape index (κ3) is 2.50. The molecule has 0 saturated carbocycles. The average Bonchev–Trinajstić information content (AvgIpc) is 2.38. The number of benzene rings is 2. The predicted octanol–water partition coefficient (Wildman–Crippen LogP) is -0.277. The van der Waals surface area contributed by atoms with Crippen LogP contribution in [0.1, 0.15) is 8.35 Å². The maximum absolute atomic E-state index is 12.5. The first-order valence-electron chi connectivity index (χ1n) is 5.89. The van der Waals surface area contributed by atoms with E-state index in [0.29, 0.717) is 16.3 Å². The number of rotatable bonds is 1. The Kier molecular flexibility index (Phi) is 4.28. The zero-order valence-corrected chi connectivity index (χ0v) is 13.3. The molecule has 96 valence electrons. The van der Waals surface area contributed by atoms with Gasteiger partial charge in [0.25, 0.3) is 0 Å². The molecule has 0 amide bonds. The third-order valence-corrected chi connectivity index (χ3v) is 2.95. The van der Waals surface area contributed by atoms with E-state index in [0.717, 1.165) is 5.52 Å². The standard InChI is InChI=1S/C15H11NO3.Na.H/c1-9(17)19-13-8-4-7-12-14(13)15(18)10-5-2-3-6-11(10)16-12;;/h2-8H,1H3,(H,16,18);;/q;+1;-1. The summed E-state index contributed by atoms with van der Waals surface area (Å²) in [4.78, 5) is 26.7. The van der Waals surface area contributed by atoms with E-state index in [1.54, 1.807) is 30.3 Å². The third-order valence-electron chi connectivity index (χ3n) is 2.95. The molecule has 3 rings (SSSR count). The number of fused-ring (bicyclic) bond motifs is 2. The number of nitrogens with one attached hydrogen (secondary N) is 1. The zero-order valence-electron chi connectivity index (χ0n) is 12.3. The van der Waals surface area contributed by atoms with Gasteiger partial charge in [-0.05, 0) is 24.3 Å². The maximum Gasteiger partial charge on any atom is 1.00 e. The van der Waals surface area contributed by atoms with Gasteiger partial charge in [0.05, 0.1) is 10.9 Å². The maximum atomic E-state index is 12.5. The van der Waals surface area contributed by atoms with E-state index in [9.17, 15) is 9.59 Å². The van der Waals surface area contributed by atoms with Crippen LogP contribution in [0.5, 0.6) is 5.75 Å². The van der Waals surface area contributed by atoms with Crippen molar-refractivity contribution >= 4 is 27.8 Å². The van der Waals surface area contributed by atoms with Crippen LogP contribution in [-0.4, -0.2) is 11.0 Å². The van der Waals surface area contributed by atoms with Crippen LogP contribution in [0.2, 0.25) is 0 Å². The van der Waals surface area contributed by atoms with Crippen molar-refractivity contribution in [1.82, 2.24) is 4.98 Å². The molecule has 0 bridgehead atoms. The van der Waals surface area contributed by atoms with Gasteiger partial charge in [-0.2, -0.15) is 0 Å². The fourth-order valence-electron chi connectivity index (χ4n) is 2.18. The molecule has 5 heteroatoms. The Morgan fingerprint density at radius 3 is 2.55 bits per heavy atom. The van der Waals surface area contributed by atoms with Gasteiger partial charge in [0.1, 0.15) is 5.75 Å². The van der Waals surface area contributed by atoms with Gasteiger partial charge in [0.15, 0.2) is 0 Å². The molecule has 0 radical (unpaired) electrons. The molecule has 0 fully saturated rings. The number of hydrogen-bond donors (Lipinski definition) is 1. The van der Waals surface area contributed by atoms with Crippen LogP contribution in [0.4, 0.5) is 0 Å². The monoisotopic (exact) mass is 277 g/mol. The number of esters is 1. The van der Waals surface area contributed by atoms with Gasteiger partial charge >= 0.3 is 35.5 Å². The first kappa shape index (κ1) is 14.8. The molecule has 0 aliphatic rings. The molecule has 1 N–H and O–H groups in total. The second-order valence-electron chi connectivity index (χ2n) is 4.27. The molecular formula is C15H12NNaO3. The van der Waals surface area contributed by atoms with Gasteiger partial charge in [0.2, 0.25) is 5.43 Å². The molecule has 0 aliphatic heterocycles. The largest absolute Gasteiger partial charge is 1.00 e.